The van der Waals surface area contributed by atoms with Crippen LogP contribution in [-0.4, -0.2) is 19.0 Å². The van der Waals surface area contributed by atoms with E-state index in [-0.39, 0.29) is 0 Å². The number of methoxy groups -OCH3 is 1. The van der Waals surface area contributed by atoms with Gasteiger partial charge in [-0.2, -0.15) is 0 Å². The highest BCUT2D eigenvalue weighted by atomic mass is 35.5. The Morgan fingerprint density at radius 2 is 1.93 bits per heavy atom. The number of halogens is 1. The van der Waals surface area contributed by atoms with Crippen LogP contribution in [0.2, 0.25) is 0 Å². The molecule has 0 unspecified atom stereocenters. The second kappa shape index (κ2) is 4.79. The van der Waals surface area contributed by atoms with Crippen LogP contribution in [0.15, 0.2) is 18.2 Å². The van der Waals surface area contributed by atoms with Crippen molar-refractivity contribution in [2.45, 2.75) is 6.92 Å². The van der Waals surface area contributed by atoms with E-state index in [1.54, 1.807) is 6.92 Å². The number of carbonyl (C=O) groups is 2. The fourth-order valence-corrected chi connectivity index (χ4v) is 1.26. The molecule has 0 aliphatic heterocycles. The summed E-state index contributed by atoms with van der Waals surface area (Å²) in [6.45, 7) is 1.68. The van der Waals surface area contributed by atoms with Crippen molar-refractivity contribution in [2.24, 2.45) is 0 Å². The largest absolute Gasteiger partial charge is 0.465 e. The quantitative estimate of drug-likeness (QED) is 0.728. The van der Waals surface area contributed by atoms with E-state index in [1.807, 2.05) is 0 Å². The lowest BCUT2D eigenvalue weighted by Gasteiger charge is -2.04. The molecule has 0 spiro atoms. The molecular weight excluding hydrogens is 220 g/mol. The Hall–Kier alpha value is -1.55. The average Bonchev–Trinajstić information content (AvgIpc) is 2.26. The zero-order valence-electron chi connectivity index (χ0n) is 8.24. The third kappa shape index (κ3) is 2.47. The van der Waals surface area contributed by atoms with Gasteiger partial charge in [-0.3, -0.25) is 0 Å². The predicted molar refractivity (Wildman–Crippen MR) is 53.8 cm³/mol. The van der Waals surface area contributed by atoms with Crippen LogP contribution in [0, 0.1) is 6.92 Å². The lowest BCUT2D eigenvalue weighted by Crippen LogP contribution is -2.05. The Morgan fingerprint density at radius 3 is 2.40 bits per heavy atom. The summed E-state index contributed by atoms with van der Waals surface area (Å²) in [6.07, 6.45) is 0. The molecule has 0 aliphatic carbocycles. The third-order valence-electron chi connectivity index (χ3n) is 1.94. The normalized spacial score (nSPS) is 9.53. The van der Waals surface area contributed by atoms with Crippen molar-refractivity contribution < 1.29 is 18.6 Å². The van der Waals surface area contributed by atoms with Crippen LogP contribution >= 0.6 is 11.9 Å². The van der Waals surface area contributed by atoms with E-state index >= 15 is 0 Å². The van der Waals surface area contributed by atoms with E-state index in [4.69, 9.17) is 11.9 Å². The second-order valence-electron chi connectivity index (χ2n) is 2.89. The summed E-state index contributed by atoms with van der Waals surface area (Å²) >= 11 is 4.95. The minimum Gasteiger partial charge on any atom is -0.465 e. The Morgan fingerprint density at radius 1 is 1.27 bits per heavy atom. The van der Waals surface area contributed by atoms with Crippen molar-refractivity contribution in [2.75, 3.05) is 7.11 Å². The van der Waals surface area contributed by atoms with Crippen LogP contribution in [0.4, 0.5) is 0 Å². The molecule has 0 atom stereocenters. The summed E-state index contributed by atoms with van der Waals surface area (Å²) in [6, 6.07) is 4.48. The van der Waals surface area contributed by atoms with E-state index in [0.717, 1.165) is 0 Å². The third-order valence-corrected chi connectivity index (χ3v) is 2.08. The van der Waals surface area contributed by atoms with Gasteiger partial charge in [0.2, 0.25) is 0 Å². The molecule has 4 nitrogen and oxygen atoms in total. The summed E-state index contributed by atoms with van der Waals surface area (Å²) in [4.78, 5) is 22.3. The van der Waals surface area contributed by atoms with E-state index < -0.39 is 11.9 Å². The number of hydrogen-bond donors (Lipinski definition) is 0. The van der Waals surface area contributed by atoms with Crippen LogP contribution in [0.1, 0.15) is 26.3 Å². The molecule has 0 radical (unpaired) electrons. The van der Waals surface area contributed by atoms with E-state index in [9.17, 15) is 9.59 Å². The Bertz CT molecular complexity index is 400. The van der Waals surface area contributed by atoms with E-state index in [0.29, 0.717) is 16.7 Å². The zero-order chi connectivity index (χ0) is 11.4. The summed E-state index contributed by atoms with van der Waals surface area (Å²) < 4.78 is 8.60. The number of carbonyl (C=O) groups excluding carboxylic acids is 2. The maximum atomic E-state index is 11.2. The van der Waals surface area contributed by atoms with Gasteiger partial charge in [0.25, 0.3) is 0 Å². The molecule has 1 rings (SSSR count). The zero-order valence-corrected chi connectivity index (χ0v) is 9.00. The molecule has 0 aromatic heterocycles. The number of esters is 1. The second-order valence-corrected chi connectivity index (χ2v) is 3.04. The molecule has 15 heavy (non-hydrogen) atoms. The highest BCUT2D eigenvalue weighted by Gasteiger charge is 2.13. The van der Waals surface area contributed by atoms with Crippen LogP contribution in [0.25, 0.3) is 0 Å². The fraction of sp³-hybridized carbons (Fsp3) is 0.200. The molecule has 1 aromatic carbocycles. The first-order valence-electron chi connectivity index (χ1n) is 4.12. The molecule has 5 heteroatoms. The van der Waals surface area contributed by atoms with Gasteiger partial charge in [-0.25, -0.2) is 9.59 Å². The first kappa shape index (κ1) is 11.5. The van der Waals surface area contributed by atoms with Gasteiger partial charge in [0.05, 0.1) is 18.2 Å². The van der Waals surface area contributed by atoms with Gasteiger partial charge in [0, 0.05) is 0 Å². The van der Waals surface area contributed by atoms with Crippen molar-refractivity contribution in [3.05, 3.63) is 34.9 Å². The predicted octanol–water partition coefficient (Wildman–Crippen LogP) is 2.09. The topological polar surface area (TPSA) is 52.6 Å². The number of hydrogen-bond acceptors (Lipinski definition) is 4. The number of benzene rings is 1. The maximum absolute atomic E-state index is 11.2. The number of rotatable bonds is 2. The standard InChI is InChI=1S/C10H9ClO4/c1-6-5-7(9(12)14-2)3-4-8(6)10(13)15-11/h3-5H,1-2H3. The Labute approximate surface area is 91.9 Å². The van der Waals surface area contributed by atoms with Crippen LogP contribution < -0.4 is 0 Å². The first-order chi connectivity index (χ1) is 7.10. The van der Waals surface area contributed by atoms with Gasteiger partial charge in [-0.1, -0.05) is 0 Å². The lowest BCUT2D eigenvalue weighted by molar-refractivity contribution is 0.0599. The summed E-state index contributed by atoms with van der Waals surface area (Å²) in [5.41, 5.74) is 1.29. The van der Waals surface area contributed by atoms with Crippen molar-refractivity contribution >= 4 is 23.8 Å². The SMILES string of the molecule is COC(=O)c1ccc(C(=O)OCl)c(C)c1. The first-order valence-corrected chi connectivity index (χ1v) is 4.43. The highest BCUT2D eigenvalue weighted by Crippen LogP contribution is 2.13. The van der Waals surface area contributed by atoms with Crippen molar-refractivity contribution in [3.63, 3.8) is 0 Å². The van der Waals surface area contributed by atoms with Crippen LogP contribution in [0.5, 0.6) is 0 Å². The van der Waals surface area contributed by atoms with Gasteiger partial charge in [-0.05, 0) is 30.7 Å². The molecule has 0 saturated carbocycles. The molecule has 1 aromatic rings. The van der Waals surface area contributed by atoms with E-state index in [1.165, 1.54) is 25.3 Å². The molecule has 0 fully saturated rings. The molecule has 0 aliphatic rings. The molecule has 0 heterocycles. The average molecular weight is 229 g/mol. The van der Waals surface area contributed by atoms with Gasteiger partial charge in [-0.15, -0.1) is 0 Å². The smallest absolute Gasteiger partial charge is 0.356 e. The number of aryl methyl sites for hydroxylation is 1. The summed E-state index contributed by atoms with van der Waals surface area (Å²) in [5.74, 6) is -1.10. The minimum absolute atomic E-state index is 0.317. The lowest BCUT2D eigenvalue weighted by atomic mass is 10.1. The molecular formula is C10H9ClO4. The van der Waals surface area contributed by atoms with Crippen molar-refractivity contribution in [3.8, 4) is 0 Å². The molecule has 0 amide bonds. The minimum atomic E-state index is -0.648. The van der Waals surface area contributed by atoms with E-state index in [2.05, 4.69) is 9.03 Å². The van der Waals surface area contributed by atoms with Crippen LogP contribution in [0.3, 0.4) is 0 Å². The van der Waals surface area contributed by atoms with Crippen molar-refractivity contribution in [1.82, 2.24) is 0 Å². The molecule has 80 valence electrons. The van der Waals surface area contributed by atoms with Gasteiger partial charge >= 0.3 is 11.9 Å². The highest BCUT2D eigenvalue weighted by molar-refractivity contribution is 6.16. The van der Waals surface area contributed by atoms with Crippen molar-refractivity contribution in [1.29, 1.82) is 0 Å². The summed E-state index contributed by atoms with van der Waals surface area (Å²) in [5, 5.41) is 0. The van der Waals surface area contributed by atoms with Gasteiger partial charge < -0.3 is 9.03 Å². The molecule has 0 bridgehead atoms. The maximum Gasteiger partial charge on any atom is 0.356 e. The fourth-order valence-electron chi connectivity index (χ4n) is 1.18. The Kier molecular flexibility index (Phi) is 3.68. The number of ether oxygens (including phenoxy) is 1. The molecule has 0 N–H and O–H groups in total. The Balaban J connectivity index is 3.08. The van der Waals surface area contributed by atoms with Gasteiger partial charge in [0.1, 0.15) is 11.9 Å². The van der Waals surface area contributed by atoms with Crippen LogP contribution in [-0.2, 0) is 9.03 Å². The molecule has 0 saturated heterocycles. The van der Waals surface area contributed by atoms with Gasteiger partial charge in [0.15, 0.2) is 0 Å². The monoisotopic (exact) mass is 228 g/mol. The summed E-state index contributed by atoms with van der Waals surface area (Å²) in [7, 11) is 1.29.